The number of nitrogens with zero attached hydrogens (tertiary/aromatic N) is 2. The van der Waals surface area contributed by atoms with Crippen molar-refractivity contribution in [2.24, 2.45) is 7.05 Å². The molecular weight excluding hydrogens is 364 g/mol. The number of pyridine rings is 1. The van der Waals surface area contributed by atoms with Crippen LogP contribution in [0.3, 0.4) is 0 Å². The van der Waals surface area contributed by atoms with E-state index in [-0.39, 0.29) is 12.4 Å². The van der Waals surface area contributed by atoms with Gasteiger partial charge in [-0.2, -0.15) is 0 Å². The highest BCUT2D eigenvalue weighted by molar-refractivity contribution is 5.99. The van der Waals surface area contributed by atoms with E-state index in [1.165, 1.54) is 5.69 Å². The van der Waals surface area contributed by atoms with E-state index in [0.717, 1.165) is 34.9 Å². The minimum Gasteiger partial charge on any atom is -0.478 e. The van der Waals surface area contributed by atoms with Crippen molar-refractivity contribution in [2.75, 3.05) is 0 Å². The first-order valence-electron chi connectivity index (χ1n) is 8.79. The molecule has 2 heterocycles. The summed E-state index contributed by atoms with van der Waals surface area (Å²) in [4.78, 5) is 15.5. The lowest BCUT2D eigenvalue weighted by atomic mass is 10.0. The van der Waals surface area contributed by atoms with Crippen LogP contribution in [0.25, 0.3) is 22.0 Å². The van der Waals surface area contributed by atoms with E-state index in [1.807, 2.05) is 30.3 Å². The zero-order valence-corrected chi connectivity index (χ0v) is 16.8. The summed E-state index contributed by atoms with van der Waals surface area (Å²) >= 11 is 0. The van der Waals surface area contributed by atoms with Gasteiger partial charge in [-0.25, -0.2) is 4.79 Å². The molecule has 3 aromatic rings. The lowest BCUT2D eigenvalue weighted by molar-refractivity contribution is -0.152. The van der Waals surface area contributed by atoms with Gasteiger partial charge in [-0.3, -0.25) is 4.98 Å². The van der Waals surface area contributed by atoms with Crippen molar-refractivity contribution >= 4 is 29.3 Å². The summed E-state index contributed by atoms with van der Waals surface area (Å²) in [6.45, 7) is 5.27. The number of rotatable bonds is 6. The van der Waals surface area contributed by atoms with Crippen LogP contribution in [-0.2, 0) is 18.3 Å². The number of hydrogen-bond donors (Lipinski definition) is 1. The molecule has 0 aliphatic heterocycles. The smallest absolute Gasteiger partial charge is 0.347 e. The van der Waals surface area contributed by atoms with Gasteiger partial charge in [-0.05, 0) is 56.2 Å². The Morgan fingerprint density at radius 2 is 1.89 bits per heavy atom. The van der Waals surface area contributed by atoms with Gasteiger partial charge in [0, 0.05) is 41.6 Å². The highest BCUT2D eigenvalue weighted by Gasteiger charge is 2.29. The number of aryl methyl sites for hydroxylation is 1. The van der Waals surface area contributed by atoms with Crippen LogP contribution < -0.4 is 4.74 Å². The molecule has 0 unspecified atom stereocenters. The second kappa shape index (κ2) is 8.01. The van der Waals surface area contributed by atoms with Crippen LogP contribution in [0.15, 0.2) is 42.7 Å². The van der Waals surface area contributed by atoms with Gasteiger partial charge in [0.25, 0.3) is 0 Å². The fourth-order valence-electron chi connectivity index (χ4n) is 3.25. The van der Waals surface area contributed by atoms with Crippen molar-refractivity contribution in [2.45, 2.75) is 39.2 Å². The predicted octanol–water partition coefficient (Wildman–Crippen LogP) is 4.86. The second-order valence-electron chi connectivity index (χ2n) is 6.96. The maximum Gasteiger partial charge on any atom is 0.347 e. The Hall–Kier alpha value is -2.53. The summed E-state index contributed by atoms with van der Waals surface area (Å²) in [6.07, 6.45) is 5.58. The molecule has 27 heavy (non-hydrogen) atoms. The van der Waals surface area contributed by atoms with Crippen molar-refractivity contribution in [1.29, 1.82) is 0 Å². The molecular formula is C21H25ClN2O3. The van der Waals surface area contributed by atoms with E-state index in [0.29, 0.717) is 5.75 Å². The van der Waals surface area contributed by atoms with Gasteiger partial charge >= 0.3 is 5.97 Å². The van der Waals surface area contributed by atoms with E-state index in [1.54, 1.807) is 26.2 Å². The molecule has 5 nitrogen and oxygen atoms in total. The summed E-state index contributed by atoms with van der Waals surface area (Å²) in [5.74, 6) is -0.444. The van der Waals surface area contributed by atoms with E-state index < -0.39 is 11.6 Å². The summed E-state index contributed by atoms with van der Waals surface area (Å²) in [7, 11) is 2.07. The number of ether oxygens (including phenoxy) is 1. The summed E-state index contributed by atoms with van der Waals surface area (Å²) < 4.78 is 7.96. The Balaban J connectivity index is 0.00000261. The first kappa shape index (κ1) is 20.8. The molecule has 0 bridgehead atoms. The van der Waals surface area contributed by atoms with Crippen LogP contribution in [0.1, 0.15) is 32.9 Å². The first-order valence-corrected chi connectivity index (χ1v) is 8.79. The van der Waals surface area contributed by atoms with Gasteiger partial charge in [0.2, 0.25) is 0 Å². The molecule has 0 aliphatic rings. The number of aliphatic carboxylic acids is 1. The fraction of sp³-hybridized carbons (Fsp3) is 0.333. The normalized spacial score (nSPS) is 11.3. The maximum absolute atomic E-state index is 11.4. The van der Waals surface area contributed by atoms with E-state index in [4.69, 9.17) is 4.74 Å². The number of hydrogen-bond acceptors (Lipinski definition) is 3. The molecule has 1 aromatic carbocycles. The lowest BCUT2D eigenvalue weighted by Gasteiger charge is -2.21. The van der Waals surface area contributed by atoms with Gasteiger partial charge in [0.05, 0.1) is 0 Å². The van der Waals surface area contributed by atoms with Gasteiger partial charge < -0.3 is 14.4 Å². The molecule has 6 heteroatoms. The van der Waals surface area contributed by atoms with E-state index in [2.05, 4.69) is 23.5 Å². The number of carboxylic acid groups (broad SMARTS) is 1. The van der Waals surface area contributed by atoms with Crippen molar-refractivity contribution in [3.05, 3.63) is 48.4 Å². The molecule has 0 fully saturated rings. The van der Waals surface area contributed by atoms with Crippen molar-refractivity contribution in [3.8, 4) is 16.9 Å². The van der Waals surface area contributed by atoms with Crippen LogP contribution >= 0.6 is 12.4 Å². The zero-order valence-electron chi connectivity index (χ0n) is 16.0. The number of carbonyl (C=O) groups is 1. The predicted molar refractivity (Wildman–Crippen MR) is 110 cm³/mol. The molecule has 1 N–H and O–H groups in total. The van der Waals surface area contributed by atoms with Gasteiger partial charge in [0.1, 0.15) is 5.75 Å². The van der Waals surface area contributed by atoms with Gasteiger partial charge in [0.15, 0.2) is 5.60 Å². The van der Waals surface area contributed by atoms with Crippen LogP contribution in [0.5, 0.6) is 5.75 Å². The summed E-state index contributed by atoms with van der Waals surface area (Å²) in [5.41, 5.74) is 3.32. The third-order valence-electron chi connectivity index (χ3n) is 4.64. The molecule has 0 radical (unpaired) electrons. The van der Waals surface area contributed by atoms with Crippen molar-refractivity contribution < 1.29 is 14.6 Å². The highest BCUT2D eigenvalue weighted by atomic mass is 35.5. The minimum atomic E-state index is -1.29. The topological polar surface area (TPSA) is 64.3 Å². The molecule has 144 valence electrons. The molecule has 0 aliphatic carbocycles. The SMILES string of the molecule is CCCc1c(-c2ccncc2)c2cc(OC(C)(C)C(=O)O)ccc2n1C.Cl. The van der Waals surface area contributed by atoms with Crippen LogP contribution in [-0.4, -0.2) is 26.2 Å². The number of aromatic nitrogens is 2. The Labute approximate surface area is 165 Å². The van der Waals surface area contributed by atoms with Crippen LogP contribution in [0.2, 0.25) is 0 Å². The number of halogens is 1. The Morgan fingerprint density at radius 1 is 1.22 bits per heavy atom. The van der Waals surface area contributed by atoms with Gasteiger partial charge in [-0.15, -0.1) is 12.4 Å². The number of fused-ring (bicyclic) bond motifs is 1. The van der Waals surface area contributed by atoms with Crippen molar-refractivity contribution in [3.63, 3.8) is 0 Å². The number of benzene rings is 1. The molecule has 0 amide bonds. The van der Waals surface area contributed by atoms with Crippen molar-refractivity contribution in [1.82, 2.24) is 9.55 Å². The zero-order chi connectivity index (χ0) is 18.9. The monoisotopic (exact) mass is 388 g/mol. The molecule has 3 rings (SSSR count). The standard InChI is InChI=1S/C21H24N2O3.ClH/c1-5-6-18-19(14-9-11-22-12-10-14)16-13-15(7-8-17(16)23(18)4)26-21(2,3)20(24)25;/h7-13H,5-6H2,1-4H3,(H,24,25);1H. The third kappa shape index (κ3) is 3.93. The Morgan fingerprint density at radius 3 is 2.48 bits per heavy atom. The Kier molecular flexibility index (Phi) is 6.16. The maximum atomic E-state index is 11.4. The van der Waals surface area contributed by atoms with Gasteiger partial charge in [-0.1, -0.05) is 13.3 Å². The molecule has 0 saturated heterocycles. The quantitative estimate of drug-likeness (QED) is 0.655. The average molecular weight is 389 g/mol. The molecule has 2 aromatic heterocycles. The first-order chi connectivity index (χ1) is 12.3. The summed E-state index contributed by atoms with van der Waals surface area (Å²) in [6, 6.07) is 9.77. The van der Waals surface area contributed by atoms with Crippen LogP contribution in [0, 0.1) is 0 Å². The van der Waals surface area contributed by atoms with Crippen LogP contribution in [0.4, 0.5) is 0 Å². The second-order valence-corrected chi connectivity index (χ2v) is 6.96. The third-order valence-corrected chi connectivity index (χ3v) is 4.64. The lowest BCUT2D eigenvalue weighted by Crippen LogP contribution is -2.37. The highest BCUT2D eigenvalue weighted by Crippen LogP contribution is 2.37. The fourth-order valence-corrected chi connectivity index (χ4v) is 3.25. The Bertz CT molecular complexity index is 949. The van der Waals surface area contributed by atoms with E-state index >= 15 is 0 Å². The molecule has 0 atom stereocenters. The number of carboxylic acids is 1. The van der Waals surface area contributed by atoms with E-state index in [9.17, 15) is 9.90 Å². The minimum absolute atomic E-state index is 0. The molecule has 0 saturated carbocycles. The largest absolute Gasteiger partial charge is 0.478 e. The summed E-state index contributed by atoms with van der Waals surface area (Å²) in [5, 5.41) is 10.4. The molecule has 0 spiro atoms. The average Bonchev–Trinajstić information content (AvgIpc) is 2.87.